The van der Waals surface area contributed by atoms with Crippen LogP contribution in [0.3, 0.4) is 0 Å². The molecule has 1 aliphatic carbocycles. The molecule has 0 radical (unpaired) electrons. The Morgan fingerprint density at radius 2 is 2.00 bits per heavy atom. The third-order valence-electron chi connectivity index (χ3n) is 2.94. The minimum absolute atomic E-state index is 0.218. The first-order valence-corrected chi connectivity index (χ1v) is 5.67. The molecule has 1 aromatic carbocycles. The molecule has 1 fully saturated rings. The van der Waals surface area contributed by atoms with E-state index in [0.717, 1.165) is 5.56 Å². The average molecular weight is 219 g/mol. The van der Waals surface area contributed by atoms with Gasteiger partial charge in [0.2, 0.25) is 5.91 Å². The molecule has 86 valence electrons. The zero-order valence-corrected chi connectivity index (χ0v) is 9.52. The van der Waals surface area contributed by atoms with E-state index in [9.17, 15) is 4.79 Å². The van der Waals surface area contributed by atoms with Gasteiger partial charge in [0, 0.05) is 20.0 Å². The Morgan fingerprint density at radius 3 is 2.56 bits per heavy atom. The number of carbonyl (C=O) groups excluding carboxylic acids is 1. The number of rotatable bonds is 4. The molecule has 16 heavy (non-hydrogen) atoms. The maximum atomic E-state index is 11.7. The number of nitrogens with zero attached hydrogens (tertiary/aromatic N) is 1. The highest BCUT2D eigenvalue weighted by atomic mass is 16.3. The van der Waals surface area contributed by atoms with Crippen molar-refractivity contribution in [3.8, 4) is 5.75 Å². The SMILES string of the molecule is CN(Cc1ccc(O)cc1)C(=O)CC1CC1. The van der Waals surface area contributed by atoms with Crippen LogP contribution in [0.4, 0.5) is 0 Å². The van der Waals surface area contributed by atoms with Crippen molar-refractivity contribution < 1.29 is 9.90 Å². The van der Waals surface area contributed by atoms with Gasteiger partial charge in [-0.2, -0.15) is 0 Å². The fraction of sp³-hybridized carbons (Fsp3) is 0.462. The molecule has 0 saturated heterocycles. The van der Waals surface area contributed by atoms with Crippen molar-refractivity contribution in [1.82, 2.24) is 4.90 Å². The van der Waals surface area contributed by atoms with Crippen molar-refractivity contribution in [1.29, 1.82) is 0 Å². The van der Waals surface area contributed by atoms with Gasteiger partial charge in [0.15, 0.2) is 0 Å². The second kappa shape index (κ2) is 4.56. The van der Waals surface area contributed by atoms with Crippen LogP contribution >= 0.6 is 0 Å². The van der Waals surface area contributed by atoms with E-state index in [2.05, 4.69) is 0 Å². The molecule has 0 aromatic heterocycles. The normalized spacial score (nSPS) is 14.8. The summed E-state index contributed by atoms with van der Waals surface area (Å²) in [6.07, 6.45) is 3.10. The Bertz CT molecular complexity index is 368. The second-order valence-corrected chi connectivity index (χ2v) is 4.56. The molecule has 2 rings (SSSR count). The third-order valence-corrected chi connectivity index (χ3v) is 2.94. The highest BCUT2D eigenvalue weighted by Crippen LogP contribution is 2.32. The molecular formula is C13H17NO2. The molecule has 0 bridgehead atoms. The van der Waals surface area contributed by atoms with Crippen molar-refractivity contribution >= 4 is 5.91 Å². The molecule has 1 saturated carbocycles. The average Bonchev–Trinajstić information content (AvgIpc) is 3.05. The van der Waals surface area contributed by atoms with E-state index in [1.165, 1.54) is 12.8 Å². The van der Waals surface area contributed by atoms with Crippen molar-refractivity contribution in [3.63, 3.8) is 0 Å². The molecule has 3 heteroatoms. The predicted octanol–water partition coefficient (Wildman–Crippen LogP) is 2.15. The highest BCUT2D eigenvalue weighted by Gasteiger charge is 2.25. The van der Waals surface area contributed by atoms with Crippen molar-refractivity contribution in [2.45, 2.75) is 25.8 Å². The maximum absolute atomic E-state index is 11.7. The van der Waals surface area contributed by atoms with Crippen molar-refractivity contribution in [2.24, 2.45) is 5.92 Å². The van der Waals surface area contributed by atoms with Gasteiger partial charge >= 0.3 is 0 Å². The topological polar surface area (TPSA) is 40.5 Å². The Hall–Kier alpha value is -1.51. The lowest BCUT2D eigenvalue weighted by molar-refractivity contribution is -0.130. The first kappa shape index (κ1) is 11.0. The number of amides is 1. The maximum Gasteiger partial charge on any atom is 0.222 e. The van der Waals surface area contributed by atoms with Gasteiger partial charge in [-0.15, -0.1) is 0 Å². The monoisotopic (exact) mass is 219 g/mol. The van der Waals surface area contributed by atoms with E-state index in [-0.39, 0.29) is 11.7 Å². The highest BCUT2D eigenvalue weighted by molar-refractivity contribution is 5.76. The van der Waals surface area contributed by atoms with E-state index in [1.54, 1.807) is 17.0 Å². The van der Waals surface area contributed by atoms with E-state index in [1.807, 2.05) is 19.2 Å². The molecule has 3 nitrogen and oxygen atoms in total. The number of hydrogen-bond acceptors (Lipinski definition) is 2. The number of aromatic hydroxyl groups is 1. The van der Waals surface area contributed by atoms with Crippen LogP contribution in [0.1, 0.15) is 24.8 Å². The summed E-state index contributed by atoms with van der Waals surface area (Å²) < 4.78 is 0. The van der Waals surface area contributed by atoms with Gasteiger partial charge in [0.05, 0.1) is 0 Å². The van der Waals surface area contributed by atoms with Gasteiger partial charge in [-0.05, 0) is 36.5 Å². The van der Waals surface area contributed by atoms with E-state index in [4.69, 9.17) is 5.11 Å². The molecule has 1 N–H and O–H groups in total. The van der Waals surface area contributed by atoms with E-state index >= 15 is 0 Å². The number of carbonyl (C=O) groups is 1. The number of phenols is 1. The van der Waals surface area contributed by atoms with Gasteiger partial charge < -0.3 is 10.0 Å². The first-order valence-electron chi connectivity index (χ1n) is 5.67. The Kier molecular flexibility index (Phi) is 3.13. The standard InChI is InChI=1S/C13H17NO2/c1-14(13(16)8-10-2-3-10)9-11-4-6-12(15)7-5-11/h4-7,10,15H,2-3,8-9H2,1H3. The quantitative estimate of drug-likeness (QED) is 0.843. The molecule has 1 aliphatic rings. The van der Waals surface area contributed by atoms with Crippen LogP contribution in [0.15, 0.2) is 24.3 Å². The Balaban J connectivity index is 1.87. The third kappa shape index (κ3) is 2.99. The van der Waals surface area contributed by atoms with Gasteiger partial charge in [-0.25, -0.2) is 0 Å². The Labute approximate surface area is 95.7 Å². The smallest absolute Gasteiger partial charge is 0.222 e. The zero-order valence-electron chi connectivity index (χ0n) is 9.52. The van der Waals surface area contributed by atoms with Crippen LogP contribution < -0.4 is 0 Å². The van der Waals surface area contributed by atoms with Crippen LogP contribution in [0.25, 0.3) is 0 Å². The summed E-state index contributed by atoms with van der Waals surface area (Å²) in [5.41, 5.74) is 1.05. The van der Waals surface area contributed by atoms with E-state index in [0.29, 0.717) is 18.9 Å². The number of hydrogen-bond donors (Lipinski definition) is 1. The van der Waals surface area contributed by atoms with Crippen LogP contribution in [0.5, 0.6) is 5.75 Å². The minimum atomic E-state index is 0.218. The largest absolute Gasteiger partial charge is 0.508 e. The van der Waals surface area contributed by atoms with Crippen LogP contribution in [0, 0.1) is 5.92 Å². The van der Waals surface area contributed by atoms with Crippen molar-refractivity contribution in [2.75, 3.05) is 7.05 Å². The number of phenolic OH excluding ortho intramolecular Hbond substituents is 1. The molecule has 1 aromatic rings. The van der Waals surface area contributed by atoms with Crippen LogP contribution in [-0.4, -0.2) is 23.0 Å². The number of benzene rings is 1. The van der Waals surface area contributed by atoms with Gasteiger partial charge in [-0.1, -0.05) is 12.1 Å². The van der Waals surface area contributed by atoms with Gasteiger partial charge in [0.25, 0.3) is 0 Å². The van der Waals surface area contributed by atoms with Crippen LogP contribution in [-0.2, 0) is 11.3 Å². The zero-order chi connectivity index (χ0) is 11.5. The summed E-state index contributed by atoms with van der Waals surface area (Å²) in [5, 5.41) is 9.15. The van der Waals surface area contributed by atoms with Gasteiger partial charge in [0.1, 0.15) is 5.75 Å². The van der Waals surface area contributed by atoms with Crippen LogP contribution in [0.2, 0.25) is 0 Å². The summed E-state index contributed by atoms with van der Waals surface area (Å²) in [6.45, 7) is 0.617. The summed E-state index contributed by atoms with van der Waals surface area (Å²) in [7, 11) is 1.83. The fourth-order valence-corrected chi connectivity index (χ4v) is 1.69. The summed E-state index contributed by atoms with van der Waals surface area (Å²) in [6, 6.07) is 6.98. The molecule has 1 amide bonds. The molecule has 0 heterocycles. The van der Waals surface area contributed by atoms with Crippen molar-refractivity contribution in [3.05, 3.63) is 29.8 Å². The van der Waals surface area contributed by atoms with E-state index < -0.39 is 0 Å². The summed E-state index contributed by atoms with van der Waals surface area (Å²) >= 11 is 0. The molecular weight excluding hydrogens is 202 g/mol. The lowest BCUT2D eigenvalue weighted by Crippen LogP contribution is -2.26. The first-order chi connectivity index (χ1) is 7.65. The molecule has 0 unspecified atom stereocenters. The lowest BCUT2D eigenvalue weighted by Gasteiger charge is -2.17. The fourth-order valence-electron chi connectivity index (χ4n) is 1.69. The molecule has 0 spiro atoms. The Morgan fingerprint density at radius 1 is 1.38 bits per heavy atom. The summed E-state index contributed by atoms with van der Waals surface area (Å²) in [5.74, 6) is 1.11. The second-order valence-electron chi connectivity index (χ2n) is 4.56. The summed E-state index contributed by atoms with van der Waals surface area (Å²) in [4.78, 5) is 13.5. The molecule has 0 atom stereocenters. The molecule has 0 aliphatic heterocycles. The lowest BCUT2D eigenvalue weighted by atomic mass is 10.2. The van der Waals surface area contributed by atoms with Gasteiger partial charge in [-0.3, -0.25) is 4.79 Å². The predicted molar refractivity (Wildman–Crippen MR) is 61.9 cm³/mol. The minimum Gasteiger partial charge on any atom is -0.508 e.